The van der Waals surface area contributed by atoms with Crippen LogP contribution in [-0.2, 0) is 14.3 Å². The van der Waals surface area contributed by atoms with E-state index >= 15 is 0 Å². The van der Waals surface area contributed by atoms with Gasteiger partial charge in [-0.1, -0.05) is 35.9 Å². The summed E-state index contributed by atoms with van der Waals surface area (Å²) in [5.41, 5.74) is 2.57. The summed E-state index contributed by atoms with van der Waals surface area (Å²) in [6.45, 7) is 3.30. The maximum Gasteiger partial charge on any atom is 0.325 e. The van der Waals surface area contributed by atoms with Crippen LogP contribution in [0.25, 0.3) is 0 Å². The highest BCUT2D eigenvalue weighted by molar-refractivity contribution is 8.00. The molecule has 0 fully saturated rings. The number of imide groups is 1. The van der Waals surface area contributed by atoms with E-state index in [4.69, 9.17) is 4.74 Å². The molecule has 7 heteroatoms. The maximum atomic E-state index is 11.8. The molecule has 6 nitrogen and oxygen atoms in total. The second kappa shape index (κ2) is 9.62. The van der Waals surface area contributed by atoms with Crippen LogP contribution in [0.3, 0.4) is 0 Å². The van der Waals surface area contributed by atoms with E-state index in [-0.39, 0.29) is 5.75 Å². The molecule has 0 aromatic heterocycles. The summed E-state index contributed by atoms with van der Waals surface area (Å²) >= 11 is 1.31. The average Bonchev–Trinajstić information content (AvgIpc) is 2.61. The Hall–Kier alpha value is -2.80. The van der Waals surface area contributed by atoms with E-state index in [0.717, 1.165) is 16.0 Å². The van der Waals surface area contributed by atoms with Gasteiger partial charge in [0, 0.05) is 10.6 Å². The number of rotatable bonds is 6. The van der Waals surface area contributed by atoms with Gasteiger partial charge in [-0.15, -0.1) is 11.8 Å². The zero-order valence-corrected chi connectivity index (χ0v) is 15.4. The molecule has 136 valence electrons. The van der Waals surface area contributed by atoms with Crippen molar-refractivity contribution in [3.8, 4) is 0 Å². The van der Waals surface area contributed by atoms with Crippen molar-refractivity contribution in [1.82, 2.24) is 5.32 Å². The second-order valence-corrected chi connectivity index (χ2v) is 6.63. The second-order valence-electron chi connectivity index (χ2n) is 5.58. The largest absolute Gasteiger partial charge is 0.455 e. The highest BCUT2D eigenvalue weighted by Gasteiger charge is 2.12. The van der Waals surface area contributed by atoms with Crippen molar-refractivity contribution in [3.05, 3.63) is 59.7 Å². The van der Waals surface area contributed by atoms with E-state index in [9.17, 15) is 14.4 Å². The standard InChI is InChI=1S/C19H20N2O4S/c1-13-8-9-16(14(2)10-13)20-19(24)21-17(22)11-25-18(23)12-26-15-6-4-3-5-7-15/h3-10H,11-12H2,1-2H3,(H2,20,21,22,24). The lowest BCUT2D eigenvalue weighted by molar-refractivity contribution is -0.145. The van der Waals surface area contributed by atoms with Gasteiger partial charge in [0.2, 0.25) is 0 Å². The molecule has 2 rings (SSSR count). The molecule has 2 N–H and O–H groups in total. The third-order valence-corrected chi connectivity index (χ3v) is 4.33. The van der Waals surface area contributed by atoms with Crippen molar-refractivity contribution in [2.45, 2.75) is 18.7 Å². The fourth-order valence-electron chi connectivity index (χ4n) is 2.12. The fraction of sp³-hybridized carbons (Fsp3) is 0.211. The number of carbonyl (C=O) groups is 3. The topological polar surface area (TPSA) is 84.5 Å². The summed E-state index contributed by atoms with van der Waals surface area (Å²) in [6, 6.07) is 14.2. The molecule has 0 saturated heterocycles. The molecule has 0 spiro atoms. The van der Waals surface area contributed by atoms with Crippen LogP contribution < -0.4 is 10.6 Å². The molecule has 26 heavy (non-hydrogen) atoms. The van der Waals surface area contributed by atoms with Crippen LogP contribution in [-0.4, -0.2) is 30.3 Å². The van der Waals surface area contributed by atoms with Crippen LogP contribution >= 0.6 is 11.8 Å². The van der Waals surface area contributed by atoms with Crippen molar-refractivity contribution in [3.63, 3.8) is 0 Å². The first-order valence-corrected chi connectivity index (χ1v) is 8.94. The van der Waals surface area contributed by atoms with Crippen LogP contribution in [0.5, 0.6) is 0 Å². The number of hydrogen-bond donors (Lipinski definition) is 2. The summed E-state index contributed by atoms with van der Waals surface area (Å²) in [7, 11) is 0. The lowest BCUT2D eigenvalue weighted by atomic mass is 10.1. The minimum atomic E-state index is -0.690. The minimum absolute atomic E-state index is 0.0893. The molecule has 0 atom stereocenters. The number of benzene rings is 2. The molecule has 0 bridgehead atoms. The predicted octanol–water partition coefficient (Wildman–Crippen LogP) is 3.29. The Kier molecular flexibility index (Phi) is 7.23. The summed E-state index contributed by atoms with van der Waals surface area (Å²) in [6.07, 6.45) is 0. The molecule has 3 amide bonds. The molecular formula is C19H20N2O4S. The summed E-state index contributed by atoms with van der Waals surface area (Å²) in [5.74, 6) is -1.12. The number of amides is 3. The number of ether oxygens (including phenoxy) is 1. The van der Waals surface area contributed by atoms with Crippen molar-refractivity contribution in [2.24, 2.45) is 0 Å². The molecule has 0 aliphatic carbocycles. The van der Waals surface area contributed by atoms with E-state index in [0.29, 0.717) is 5.69 Å². The van der Waals surface area contributed by atoms with E-state index in [1.54, 1.807) is 6.07 Å². The normalized spacial score (nSPS) is 10.1. The predicted molar refractivity (Wildman–Crippen MR) is 101 cm³/mol. The maximum absolute atomic E-state index is 11.8. The molecule has 0 aliphatic heterocycles. The molecule has 0 radical (unpaired) electrons. The number of esters is 1. The quantitative estimate of drug-likeness (QED) is 0.600. The van der Waals surface area contributed by atoms with Gasteiger partial charge in [-0.05, 0) is 37.6 Å². The summed E-state index contributed by atoms with van der Waals surface area (Å²) < 4.78 is 4.86. The fourth-order valence-corrected chi connectivity index (χ4v) is 2.83. The van der Waals surface area contributed by atoms with Gasteiger partial charge in [0.15, 0.2) is 6.61 Å². The molecule has 2 aromatic rings. The summed E-state index contributed by atoms with van der Waals surface area (Å²) in [5, 5.41) is 4.71. The number of aryl methyl sites for hydroxylation is 2. The number of carbonyl (C=O) groups excluding carboxylic acids is 3. The number of anilines is 1. The van der Waals surface area contributed by atoms with Crippen molar-refractivity contribution < 1.29 is 19.1 Å². The van der Waals surface area contributed by atoms with E-state index in [2.05, 4.69) is 10.6 Å². The van der Waals surface area contributed by atoms with Crippen molar-refractivity contribution >= 4 is 35.4 Å². The van der Waals surface area contributed by atoms with Crippen molar-refractivity contribution in [1.29, 1.82) is 0 Å². The van der Waals surface area contributed by atoms with Crippen molar-refractivity contribution in [2.75, 3.05) is 17.7 Å². The Labute approximate surface area is 156 Å². The van der Waals surface area contributed by atoms with Gasteiger partial charge in [-0.25, -0.2) is 4.79 Å². The third kappa shape index (κ3) is 6.60. The third-order valence-electron chi connectivity index (χ3n) is 3.35. The van der Waals surface area contributed by atoms with Crippen LogP contribution in [0.1, 0.15) is 11.1 Å². The molecule has 0 saturated carbocycles. The Morgan fingerprint density at radius 3 is 2.46 bits per heavy atom. The zero-order chi connectivity index (χ0) is 18.9. The molecule has 0 unspecified atom stereocenters. The van der Waals surface area contributed by atoms with Crippen LogP contribution in [0, 0.1) is 13.8 Å². The van der Waals surface area contributed by atoms with Gasteiger partial charge < -0.3 is 10.1 Å². The molecule has 0 heterocycles. The van der Waals surface area contributed by atoms with Crippen LogP contribution in [0.2, 0.25) is 0 Å². The smallest absolute Gasteiger partial charge is 0.325 e. The number of hydrogen-bond acceptors (Lipinski definition) is 5. The first kappa shape index (κ1) is 19.5. The van der Waals surface area contributed by atoms with Crippen LogP contribution in [0.4, 0.5) is 10.5 Å². The van der Waals surface area contributed by atoms with E-state index in [1.165, 1.54) is 11.8 Å². The lowest BCUT2D eigenvalue weighted by Gasteiger charge is -2.10. The van der Waals surface area contributed by atoms with Gasteiger partial charge in [-0.2, -0.15) is 0 Å². The molecule has 2 aromatic carbocycles. The lowest BCUT2D eigenvalue weighted by Crippen LogP contribution is -2.37. The van der Waals surface area contributed by atoms with Gasteiger partial charge in [0.25, 0.3) is 5.91 Å². The van der Waals surface area contributed by atoms with E-state index < -0.39 is 24.5 Å². The first-order valence-electron chi connectivity index (χ1n) is 7.95. The molecule has 0 aliphatic rings. The Bertz CT molecular complexity index is 793. The highest BCUT2D eigenvalue weighted by Crippen LogP contribution is 2.17. The Morgan fingerprint density at radius 2 is 1.77 bits per heavy atom. The number of thioether (sulfide) groups is 1. The SMILES string of the molecule is Cc1ccc(NC(=O)NC(=O)COC(=O)CSc2ccccc2)c(C)c1. The monoisotopic (exact) mass is 372 g/mol. The summed E-state index contributed by atoms with van der Waals surface area (Å²) in [4.78, 5) is 36.1. The number of nitrogens with one attached hydrogen (secondary N) is 2. The van der Waals surface area contributed by atoms with Gasteiger partial charge in [0.1, 0.15) is 0 Å². The number of urea groups is 1. The van der Waals surface area contributed by atoms with Gasteiger partial charge in [-0.3, -0.25) is 14.9 Å². The highest BCUT2D eigenvalue weighted by atomic mass is 32.2. The van der Waals surface area contributed by atoms with Gasteiger partial charge in [0.05, 0.1) is 5.75 Å². The van der Waals surface area contributed by atoms with E-state index in [1.807, 2.05) is 56.3 Å². The Morgan fingerprint density at radius 1 is 1.04 bits per heavy atom. The molecular weight excluding hydrogens is 352 g/mol. The van der Waals surface area contributed by atoms with Crippen LogP contribution in [0.15, 0.2) is 53.4 Å². The average molecular weight is 372 g/mol. The minimum Gasteiger partial charge on any atom is -0.455 e. The van der Waals surface area contributed by atoms with Gasteiger partial charge >= 0.3 is 12.0 Å². The Balaban J connectivity index is 1.70. The first-order chi connectivity index (χ1) is 12.4. The zero-order valence-electron chi connectivity index (χ0n) is 14.6.